The van der Waals surface area contributed by atoms with E-state index >= 15 is 0 Å². The number of carbonyl (C=O) groups is 1. The van der Waals surface area contributed by atoms with Crippen molar-refractivity contribution in [1.82, 2.24) is 4.72 Å². The van der Waals surface area contributed by atoms with Crippen molar-refractivity contribution in [2.24, 2.45) is 0 Å². The predicted molar refractivity (Wildman–Crippen MR) is 107 cm³/mol. The molecule has 1 aliphatic heterocycles. The maximum Gasteiger partial charge on any atom is 0.240 e. The van der Waals surface area contributed by atoms with Crippen molar-refractivity contribution in [2.45, 2.75) is 50.5 Å². The Morgan fingerprint density at radius 2 is 1.93 bits per heavy atom. The molecule has 144 valence electrons. The second kappa shape index (κ2) is 7.82. The standard InChI is InChI=1S/C21H26N2O3S/c1-4-17(18-8-6-5-7-9-18)14-22-27(25,26)20-10-11-21-19(13-20)12-15(2)23(21)16(3)24/h5-11,13,15,17,22H,4,12,14H2,1-3H3. The minimum atomic E-state index is -3.60. The molecular weight excluding hydrogens is 360 g/mol. The molecule has 0 fully saturated rings. The first-order valence-electron chi connectivity index (χ1n) is 9.30. The smallest absolute Gasteiger partial charge is 0.240 e. The molecule has 27 heavy (non-hydrogen) atoms. The highest BCUT2D eigenvalue weighted by atomic mass is 32.2. The first-order chi connectivity index (χ1) is 12.8. The van der Waals surface area contributed by atoms with Gasteiger partial charge in [0, 0.05) is 25.2 Å². The van der Waals surface area contributed by atoms with E-state index in [-0.39, 0.29) is 22.8 Å². The van der Waals surface area contributed by atoms with E-state index in [0.717, 1.165) is 23.2 Å². The molecule has 0 radical (unpaired) electrons. The summed E-state index contributed by atoms with van der Waals surface area (Å²) in [5.41, 5.74) is 2.84. The number of sulfonamides is 1. The van der Waals surface area contributed by atoms with E-state index in [4.69, 9.17) is 0 Å². The fraction of sp³-hybridized carbons (Fsp3) is 0.381. The molecule has 2 aromatic rings. The van der Waals surface area contributed by atoms with E-state index in [1.54, 1.807) is 23.1 Å². The van der Waals surface area contributed by atoms with Gasteiger partial charge in [-0.2, -0.15) is 0 Å². The highest BCUT2D eigenvalue weighted by Gasteiger charge is 2.30. The Balaban J connectivity index is 1.78. The number of hydrogen-bond acceptors (Lipinski definition) is 3. The molecule has 0 bridgehead atoms. The lowest BCUT2D eigenvalue weighted by molar-refractivity contribution is -0.116. The van der Waals surface area contributed by atoms with Gasteiger partial charge in [0.25, 0.3) is 0 Å². The summed E-state index contributed by atoms with van der Waals surface area (Å²) in [6.45, 7) is 5.92. The Hall–Kier alpha value is -2.18. The zero-order chi connectivity index (χ0) is 19.6. The van der Waals surface area contributed by atoms with Gasteiger partial charge in [0.05, 0.1) is 4.90 Å². The van der Waals surface area contributed by atoms with Gasteiger partial charge < -0.3 is 4.90 Å². The van der Waals surface area contributed by atoms with E-state index in [2.05, 4.69) is 11.6 Å². The summed E-state index contributed by atoms with van der Waals surface area (Å²) in [6.07, 6.45) is 1.52. The first-order valence-corrected chi connectivity index (χ1v) is 10.8. The fourth-order valence-electron chi connectivity index (χ4n) is 3.77. The summed E-state index contributed by atoms with van der Waals surface area (Å²) in [7, 11) is -3.60. The molecule has 6 heteroatoms. The SMILES string of the molecule is CCC(CNS(=O)(=O)c1ccc2c(c1)CC(C)N2C(C)=O)c1ccccc1. The molecule has 0 aliphatic carbocycles. The largest absolute Gasteiger partial charge is 0.309 e. The van der Waals surface area contributed by atoms with Crippen LogP contribution in [0.15, 0.2) is 53.4 Å². The van der Waals surface area contributed by atoms with Crippen LogP contribution in [0.2, 0.25) is 0 Å². The minimum absolute atomic E-state index is 0.0244. The molecule has 1 aliphatic rings. The molecule has 2 aromatic carbocycles. The van der Waals surface area contributed by atoms with Gasteiger partial charge in [0.15, 0.2) is 0 Å². The number of fused-ring (bicyclic) bond motifs is 1. The average Bonchev–Trinajstić information content (AvgIpc) is 2.98. The molecule has 0 aromatic heterocycles. The Bertz CT molecular complexity index is 926. The number of benzene rings is 2. The van der Waals surface area contributed by atoms with E-state index in [9.17, 15) is 13.2 Å². The molecule has 1 N–H and O–H groups in total. The minimum Gasteiger partial charge on any atom is -0.309 e. The van der Waals surface area contributed by atoms with Crippen LogP contribution < -0.4 is 9.62 Å². The third-order valence-electron chi connectivity index (χ3n) is 5.20. The molecule has 3 rings (SSSR count). The third kappa shape index (κ3) is 4.06. The summed E-state index contributed by atoms with van der Waals surface area (Å²) >= 11 is 0. The Kier molecular flexibility index (Phi) is 5.67. The quantitative estimate of drug-likeness (QED) is 0.827. The number of rotatable bonds is 6. The van der Waals surface area contributed by atoms with Crippen LogP contribution in [0.25, 0.3) is 0 Å². The van der Waals surface area contributed by atoms with E-state index in [1.807, 2.05) is 37.3 Å². The highest BCUT2D eigenvalue weighted by Crippen LogP contribution is 2.34. The molecule has 1 amide bonds. The zero-order valence-corrected chi connectivity index (χ0v) is 16.8. The van der Waals surface area contributed by atoms with Gasteiger partial charge >= 0.3 is 0 Å². The van der Waals surface area contributed by atoms with Crippen molar-refractivity contribution < 1.29 is 13.2 Å². The van der Waals surface area contributed by atoms with Crippen molar-refractivity contribution >= 4 is 21.6 Å². The Morgan fingerprint density at radius 3 is 2.56 bits per heavy atom. The van der Waals surface area contributed by atoms with Crippen LogP contribution in [0.1, 0.15) is 44.2 Å². The van der Waals surface area contributed by atoms with Crippen molar-refractivity contribution in [3.05, 3.63) is 59.7 Å². The second-order valence-corrected chi connectivity index (χ2v) is 8.87. The number of anilines is 1. The number of carbonyl (C=O) groups excluding carboxylic acids is 1. The lowest BCUT2D eigenvalue weighted by atomic mass is 9.97. The molecule has 0 saturated carbocycles. The van der Waals surface area contributed by atoms with Gasteiger partial charge in [-0.1, -0.05) is 37.3 Å². The normalized spacial score (nSPS) is 17.6. The van der Waals surface area contributed by atoms with E-state index < -0.39 is 10.0 Å². The van der Waals surface area contributed by atoms with Gasteiger partial charge in [-0.05, 0) is 55.0 Å². The van der Waals surface area contributed by atoms with Gasteiger partial charge in [-0.15, -0.1) is 0 Å². The van der Waals surface area contributed by atoms with Crippen LogP contribution >= 0.6 is 0 Å². The summed E-state index contributed by atoms with van der Waals surface area (Å²) in [5.74, 6) is 0.104. The molecule has 5 nitrogen and oxygen atoms in total. The first kappa shape index (κ1) is 19.6. The van der Waals surface area contributed by atoms with Crippen LogP contribution in [0, 0.1) is 0 Å². The maximum absolute atomic E-state index is 12.8. The van der Waals surface area contributed by atoms with Gasteiger partial charge in [0.2, 0.25) is 15.9 Å². The third-order valence-corrected chi connectivity index (χ3v) is 6.62. The Morgan fingerprint density at radius 1 is 1.22 bits per heavy atom. The fourth-order valence-corrected chi connectivity index (χ4v) is 4.90. The molecule has 0 saturated heterocycles. The lowest BCUT2D eigenvalue weighted by Crippen LogP contribution is -2.33. The lowest BCUT2D eigenvalue weighted by Gasteiger charge is -2.20. The molecule has 2 atom stereocenters. The van der Waals surface area contributed by atoms with Crippen molar-refractivity contribution in [3.63, 3.8) is 0 Å². The van der Waals surface area contributed by atoms with E-state index in [0.29, 0.717) is 13.0 Å². The van der Waals surface area contributed by atoms with Crippen molar-refractivity contribution in [3.8, 4) is 0 Å². The molecule has 1 heterocycles. The Labute approximate surface area is 161 Å². The summed E-state index contributed by atoms with van der Waals surface area (Å²) in [4.78, 5) is 13.8. The average molecular weight is 387 g/mol. The van der Waals surface area contributed by atoms with Gasteiger partial charge in [-0.25, -0.2) is 13.1 Å². The van der Waals surface area contributed by atoms with Crippen LogP contribution in [0.4, 0.5) is 5.69 Å². The monoisotopic (exact) mass is 386 g/mol. The van der Waals surface area contributed by atoms with Gasteiger partial charge in [-0.3, -0.25) is 4.79 Å². The highest BCUT2D eigenvalue weighted by molar-refractivity contribution is 7.89. The molecule has 0 spiro atoms. The topological polar surface area (TPSA) is 66.5 Å². The van der Waals surface area contributed by atoms with Gasteiger partial charge in [0.1, 0.15) is 0 Å². The van der Waals surface area contributed by atoms with E-state index in [1.165, 1.54) is 6.92 Å². The summed E-state index contributed by atoms with van der Waals surface area (Å²) < 4.78 is 28.3. The number of hydrogen-bond donors (Lipinski definition) is 1. The zero-order valence-electron chi connectivity index (χ0n) is 16.0. The van der Waals surface area contributed by atoms with Crippen molar-refractivity contribution in [1.29, 1.82) is 0 Å². The summed E-state index contributed by atoms with van der Waals surface area (Å²) in [5, 5.41) is 0. The number of nitrogens with one attached hydrogen (secondary N) is 1. The second-order valence-electron chi connectivity index (χ2n) is 7.10. The molecule has 2 unspecified atom stereocenters. The van der Waals surface area contributed by atoms with Crippen LogP contribution in [0.3, 0.4) is 0 Å². The number of amides is 1. The maximum atomic E-state index is 12.8. The van der Waals surface area contributed by atoms with Crippen LogP contribution in [0.5, 0.6) is 0 Å². The van der Waals surface area contributed by atoms with Crippen molar-refractivity contribution in [2.75, 3.05) is 11.4 Å². The molecular formula is C21H26N2O3S. The van der Waals surface area contributed by atoms with Crippen LogP contribution in [-0.2, 0) is 21.2 Å². The predicted octanol–water partition coefficient (Wildman–Crippen LogP) is 3.46. The van der Waals surface area contributed by atoms with Crippen LogP contribution in [-0.4, -0.2) is 26.9 Å². The summed E-state index contributed by atoms with van der Waals surface area (Å²) in [6, 6.07) is 15.0. The number of nitrogens with zero attached hydrogens (tertiary/aromatic N) is 1.